The molecule has 4 heteroatoms. The Balaban J connectivity index is 1.96. The van der Waals surface area contributed by atoms with Crippen molar-refractivity contribution in [1.82, 2.24) is 5.32 Å². The first-order valence-corrected chi connectivity index (χ1v) is 6.69. The molecule has 19 heavy (non-hydrogen) atoms. The largest absolute Gasteiger partial charge is 0.356 e. The first kappa shape index (κ1) is 13.6. The fourth-order valence-electron chi connectivity index (χ4n) is 2.49. The molecule has 1 saturated heterocycles. The van der Waals surface area contributed by atoms with E-state index in [1.165, 1.54) is 0 Å². The molecule has 0 radical (unpaired) electrons. The van der Waals surface area contributed by atoms with Gasteiger partial charge in [0.1, 0.15) is 0 Å². The van der Waals surface area contributed by atoms with E-state index in [2.05, 4.69) is 10.6 Å². The summed E-state index contributed by atoms with van der Waals surface area (Å²) < 4.78 is 0. The predicted molar refractivity (Wildman–Crippen MR) is 74.9 cm³/mol. The van der Waals surface area contributed by atoms with Gasteiger partial charge < -0.3 is 10.6 Å². The zero-order valence-corrected chi connectivity index (χ0v) is 11.5. The molecule has 0 aliphatic carbocycles. The highest BCUT2D eigenvalue weighted by atomic mass is 16.2. The number of aryl methyl sites for hydroxylation is 2. The summed E-state index contributed by atoms with van der Waals surface area (Å²) in [6.07, 6.45) is 1.76. The summed E-state index contributed by atoms with van der Waals surface area (Å²) in [4.78, 5) is 23.3. The van der Waals surface area contributed by atoms with Crippen LogP contribution in [0.5, 0.6) is 0 Å². The molecule has 1 aliphatic heterocycles. The van der Waals surface area contributed by atoms with Crippen molar-refractivity contribution in [2.45, 2.75) is 33.1 Å². The van der Waals surface area contributed by atoms with Crippen molar-refractivity contribution in [3.63, 3.8) is 0 Å². The lowest BCUT2D eigenvalue weighted by molar-refractivity contribution is -0.124. The summed E-state index contributed by atoms with van der Waals surface area (Å²) in [5.41, 5.74) is 3.03. The van der Waals surface area contributed by atoms with E-state index >= 15 is 0 Å². The van der Waals surface area contributed by atoms with Crippen LogP contribution in [0, 0.1) is 19.8 Å². The molecule has 0 saturated carbocycles. The second-order valence-corrected chi connectivity index (χ2v) is 5.23. The minimum absolute atomic E-state index is 0.00269. The molecule has 2 rings (SSSR count). The molecule has 1 fully saturated rings. The van der Waals surface area contributed by atoms with Gasteiger partial charge in [-0.1, -0.05) is 18.2 Å². The van der Waals surface area contributed by atoms with Crippen LogP contribution in [-0.2, 0) is 9.59 Å². The van der Waals surface area contributed by atoms with Gasteiger partial charge in [0.25, 0.3) is 0 Å². The molecular formula is C15H20N2O2. The number of anilines is 1. The maximum Gasteiger partial charge on any atom is 0.224 e. The normalized spacial score (nSPS) is 18.8. The molecule has 102 valence electrons. The fraction of sp³-hybridized carbons (Fsp3) is 0.467. The SMILES string of the molecule is Cc1cccc(C)c1NC(=O)CC1CCNC(=O)C1. The lowest BCUT2D eigenvalue weighted by Crippen LogP contribution is -2.35. The molecule has 1 atom stereocenters. The smallest absolute Gasteiger partial charge is 0.224 e. The molecule has 2 amide bonds. The number of para-hydroxylation sites is 1. The van der Waals surface area contributed by atoms with Gasteiger partial charge in [0.05, 0.1) is 0 Å². The van der Waals surface area contributed by atoms with E-state index in [1.807, 2.05) is 32.0 Å². The van der Waals surface area contributed by atoms with Gasteiger partial charge in [0.2, 0.25) is 11.8 Å². The number of piperidine rings is 1. The van der Waals surface area contributed by atoms with Crippen LogP contribution in [0.2, 0.25) is 0 Å². The monoisotopic (exact) mass is 260 g/mol. The maximum atomic E-state index is 12.0. The molecule has 1 aliphatic rings. The second-order valence-electron chi connectivity index (χ2n) is 5.23. The average Bonchev–Trinajstić information content (AvgIpc) is 2.34. The first-order chi connectivity index (χ1) is 9.06. The minimum Gasteiger partial charge on any atom is -0.356 e. The number of benzene rings is 1. The molecular weight excluding hydrogens is 240 g/mol. The first-order valence-electron chi connectivity index (χ1n) is 6.69. The Bertz CT molecular complexity index is 477. The maximum absolute atomic E-state index is 12.0. The average molecular weight is 260 g/mol. The zero-order valence-electron chi connectivity index (χ0n) is 11.5. The Morgan fingerprint density at radius 1 is 1.37 bits per heavy atom. The third-order valence-corrected chi connectivity index (χ3v) is 3.57. The lowest BCUT2D eigenvalue weighted by Gasteiger charge is -2.21. The van der Waals surface area contributed by atoms with Crippen molar-refractivity contribution in [1.29, 1.82) is 0 Å². The summed E-state index contributed by atoms with van der Waals surface area (Å²) in [5, 5.41) is 5.75. The van der Waals surface area contributed by atoms with Crippen LogP contribution >= 0.6 is 0 Å². The molecule has 2 N–H and O–H groups in total. The lowest BCUT2D eigenvalue weighted by atomic mass is 9.93. The predicted octanol–water partition coefficient (Wildman–Crippen LogP) is 2.16. The van der Waals surface area contributed by atoms with Gasteiger partial charge in [0, 0.05) is 25.1 Å². The van der Waals surface area contributed by atoms with Crippen molar-refractivity contribution >= 4 is 17.5 Å². The van der Waals surface area contributed by atoms with Gasteiger partial charge >= 0.3 is 0 Å². The third-order valence-electron chi connectivity index (χ3n) is 3.57. The van der Waals surface area contributed by atoms with Gasteiger partial charge in [-0.25, -0.2) is 0 Å². The molecule has 4 nitrogen and oxygen atoms in total. The number of amides is 2. The Morgan fingerprint density at radius 3 is 2.68 bits per heavy atom. The number of nitrogens with one attached hydrogen (secondary N) is 2. The summed E-state index contributed by atoms with van der Waals surface area (Å²) in [6, 6.07) is 5.94. The van der Waals surface area contributed by atoms with Crippen molar-refractivity contribution in [3.8, 4) is 0 Å². The van der Waals surface area contributed by atoms with Crippen molar-refractivity contribution in [2.75, 3.05) is 11.9 Å². The van der Waals surface area contributed by atoms with Crippen LogP contribution < -0.4 is 10.6 Å². The van der Waals surface area contributed by atoms with Crippen LogP contribution in [0.3, 0.4) is 0 Å². The van der Waals surface area contributed by atoms with Gasteiger partial charge in [-0.2, -0.15) is 0 Å². The van der Waals surface area contributed by atoms with Gasteiger partial charge in [-0.3, -0.25) is 9.59 Å². The summed E-state index contributed by atoms with van der Waals surface area (Å²) in [6.45, 7) is 4.65. The van der Waals surface area contributed by atoms with E-state index in [0.29, 0.717) is 19.4 Å². The molecule has 0 bridgehead atoms. The van der Waals surface area contributed by atoms with Crippen LogP contribution in [0.15, 0.2) is 18.2 Å². The van der Waals surface area contributed by atoms with Gasteiger partial charge in [0.15, 0.2) is 0 Å². The van der Waals surface area contributed by atoms with E-state index in [1.54, 1.807) is 0 Å². The van der Waals surface area contributed by atoms with Crippen molar-refractivity contribution in [3.05, 3.63) is 29.3 Å². The molecule has 1 aromatic carbocycles. The Labute approximate surface area is 113 Å². The van der Waals surface area contributed by atoms with Crippen LogP contribution in [0.4, 0.5) is 5.69 Å². The molecule has 0 spiro atoms. The van der Waals surface area contributed by atoms with Crippen LogP contribution in [-0.4, -0.2) is 18.4 Å². The molecule has 1 unspecified atom stereocenters. The summed E-state index contributed by atoms with van der Waals surface area (Å²) >= 11 is 0. The highest BCUT2D eigenvalue weighted by Gasteiger charge is 2.21. The van der Waals surface area contributed by atoms with E-state index in [9.17, 15) is 9.59 Å². The number of rotatable bonds is 3. The molecule has 1 heterocycles. The minimum atomic E-state index is -0.00269. The Hall–Kier alpha value is -1.84. The number of carbonyl (C=O) groups is 2. The standard InChI is InChI=1S/C15H20N2O2/c1-10-4-3-5-11(2)15(10)17-14(19)9-12-6-7-16-13(18)8-12/h3-5,12H,6-9H2,1-2H3,(H,16,18)(H,17,19). The quantitative estimate of drug-likeness (QED) is 0.875. The van der Waals surface area contributed by atoms with E-state index in [-0.39, 0.29) is 17.7 Å². The topological polar surface area (TPSA) is 58.2 Å². The Kier molecular flexibility index (Phi) is 4.20. The second kappa shape index (κ2) is 5.87. The number of carbonyl (C=O) groups excluding carboxylic acids is 2. The zero-order chi connectivity index (χ0) is 13.8. The van der Waals surface area contributed by atoms with Gasteiger partial charge in [-0.05, 0) is 37.3 Å². The highest BCUT2D eigenvalue weighted by Crippen LogP contribution is 2.22. The summed E-state index contributed by atoms with van der Waals surface area (Å²) in [7, 11) is 0. The van der Waals surface area contributed by atoms with Crippen LogP contribution in [0.1, 0.15) is 30.4 Å². The Morgan fingerprint density at radius 2 is 2.05 bits per heavy atom. The third kappa shape index (κ3) is 3.56. The fourth-order valence-corrected chi connectivity index (χ4v) is 2.49. The molecule has 1 aromatic rings. The van der Waals surface area contributed by atoms with Gasteiger partial charge in [-0.15, -0.1) is 0 Å². The molecule has 0 aromatic heterocycles. The van der Waals surface area contributed by atoms with Crippen molar-refractivity contribution < 1.29 is 9.59 Å². The summed E-state index contributed by atoms with van der Waals surface area (Å²) in [5.74, 6) is 0.214. The van der Waals surface area contributed by atoms with E-state index in [0.717, 1.165) is 23.2 Å². The van der Waals surface area contributed by atoms with E-state index in [4.69, 9.17) is 0 Å². The highest BCUT2D eigenvalue weighted by molar-refractivity contribution is 5.92. The number of hydrogen-bond donors (Lipinski definition) is 2. The number of hydrogen-bond acceptors (Lipinski definition) is 2. The van der Waals surface area contributed by atoms with Crippen molar-refractivity contribution in [2.24, 2.45) is 5.92 Å². The van der Waals surface area contributed by atoms with E-state index < -0.39 is 0 Å². The van der Waals surface area contributed by atoms with Crippen LogP contribution in [0.25, 0.3) is 0 Å².